The number of fused-ring (bicyclic) bond motifs is 1. The molecule has 1 aromatic heterocycles. The molecule has 0 unspecified atom stereocenters. The third kappa shape index (κ3) is 4.82. The minimum Gasteiger partial charge on any atom is -0.494 e. The number of para-hydroxylation sites is 2. The Morgan fingerprint density at radius 3 is 2.63 bits per heavy atom. The number of benzene rings is 2. The van der Waals surface area contributed by atoms with Crippen LogP contribution in [0.2, 0.25) is 0 Å². The number of ether oxygens (including phenoxy) is 1. The minimum absolute atomic E-state index is 0.0553. The van der Waals surface area contributed by atoms with E-state index in [0.717, 1.165) is 54.2 Å². The molecule has 0 spiro atoms. The van der Waals surface area contributed by atoms with E-state index in [1.807, 2.05) is 59.8 Å². The van der Waals surface area contributed by atoms with Crippen molar-refractivity contribution in [3.63, 3.8) is 0 Å². The fourth-order valence-corrected chi connectivity index (χ4v) is 4.94. The first-order valence-corrected chi connectivity index (χ1v) is 12.5. The van der Waals surface area contributed by atoms with E-state index in [9.17, 15) is 9.18 Å². The molecule has 1 fully saturated rings. The van der Waals surface area contributed by atoms with Gasteiger partial charge in [-0.1, -0.05) is 44.2 Å². The van der Waals surface area contributed by atoms with E-state index in [2.05, 4.69) is 4.90 Å². The van der Waals surface area contributed by atoms with Gasteiger partial charge in [-0.2, -0.15) is 5.10 Å². The minimum atomic E-state index is -0.175. The predicted molar refractivity (Wildman–Crippen MR) is 133 cm³/mol. The van der Waals surface area contributed by atoms with Crippen LogP contribution in [0.3, 0.4) is 0 Å². The van der Waals surface area contributed by atoms with Crippen LogP contribution in [0.25, 0.3) is 5.69 Å². The fourth-order valence-electron chi connectivity index (χ4n) is 4.94. The van der Waals surface area contributed by atoms with Gasteiger partial charge in [0.15, 0.2) is 0 Å². The van der Waals surface area contributed by atoms with Crippen molar-refractivity contribution < 1.29 is 13.9 Å². The number of nitrogens with zero attached hydrogens (tertiary/aromatic N) is 4. The Morgan fingerprint density at radius 1 is 1.17 bits per heavy atom. The molecule has 184 valence electrons. The molecule has 7 heteroatoms. The van der Waals surface area contributed by atoms with Gasteiger partial charge in [0.05, 0.1) is 25.0 Å². The Kier molecular flexibility index (Phi) is 6.60. The Morgan fingerprint density at radius 2 is 1.91 bits per heavy atom. The molecule has 1 saturated carbocycles. The lowest BCUT2D eigenvalue weighted by Gasteiger charge is -2.29. The van der Waals surface area contributed by atoms with Crippen molar-refractivity contribution in [2.75, 3.05) is 13.7 Å². The van der Waals surface area contributed by atoms with Gasteiger partial charge in [0.2, 0.25) is 5.91 Å². The summed E-state index contributed by atoms with van der Waals surface area (Å²) in [5.74, 6) is 0.702. The first-order chi connectivity index (χ1) is 17.0. The number of amides is 1. The van der Waals surface area contributed by atoms with Gasteiger partial charge in [-0.3, -0.25) is 9.69 Å². The molecule has 2 aliphatic rings. The quantitative estimate of drug-likeness (QED) is 0.472. The molecule has 0 saturated heterocycles. The van der Waals surface area contributed by atoms with Gasteiger partial charge >= 0.3 is 0 Å². The van der Waals surface area contributed by atoms with Gasteiger partial charge in [0.1, 0.15) is 17.3 Å². The Labute approximate surface area is 206 Å². The van der Waals surface area contributed by atoms with E-state index in [-0.39, 0.29) is 17.6 Å². The summed E-state index contributed by atoms with van der Waals surface area (Å²) in [6, 6.07) is 15.2. The van der Waals surface area contributed by atoms with Crippen LogP contribution >= 0.6 is 0 Å². The van der Waals surface area contributed by atoms with Crippen molar-refractivity contribution in [3.8, 4) is 11.4 Å². The number of hydrogen-bond acceptors (Lipinski definition) is 4. The average Bonchev–Trinajstić information content (AvgIpc) is 3.65. The van der Waals surface area contributed by atoms with Crippen molar-refractivity contribution in [2.45, 2.75) is 58.8 Å². The second-order valence-electron chi connectivity index (χ2n) is 9.86. The van der Waals surface area contributed by atoms with Crippen molar-refractivity contribution in [3.05, 3.63) is 76.9 Å². The molecule has 2 heterocycles. The lowest BCUT2D eigenvalue weighted by atomic mass is 10.0. The Balaban J connectivity index is 1.52. The topological polar surface area (TPSA) is 50.6 Å². The van der Waals surface area contributed by atoms with E-state index in [0.29, 0.717) is 31.2 Å². The van der Waals surface area contributed by atoms with Crippen LogP contribution in [-0.4, -0.2) is 45.2 Å². The third-order valence-electron chi connectivity index (χ3n) is 6.97. The molecule has 1 amide bonds. The van der Waals surface area contributed by atoms with Gasteiger partial charge in [0.25, 0.3) is 0 Å². The van der Waals surface area contributed by atoms with Gasteiger partial charge in [-0.25, -0.2) is 9.07 Å². The maximum Gasteiger partial charge on any atom is 0.225 e. The lowest BCUT2D eigenvalue weighted by molar-refractivity contribution is -0.135. The highest BCUT2D eigenvalue weighted by molar-refractivity contribution is 5.78. The zero-order valence-electron chi connectivity index (χ0n) is 20.7. The highest BCUT2D eigenvalue weighted by Gasteiger charge is 2.36. The van der Waals surface area contributed by atoms with Crippen molar-refractivity contribution in [1.82, 2.24) is 19.6 Å². The van der Waals surface area contributed by atoms with E-state index < -0.39 is 0 Å². The zero-order valence-corrected chi connectivity index (χ0v) is 20.7. The number of aromatic nitrogens is 2. The van der Waals surface area contributed by atoms with Crippen LogP contribution in [0.1, 0.15) is 49.2 Å². The number of methoxy groups -OCH3 is 1. The zero-order chi connectivity index (χ0) is 24.5. The Hall–Kier alpha value is -3.19. The highest BCUT2D eigenvalue weighted by atomic mass is 19.1. The number of carbonyl (C=O) groups is 1. The molecule has 1 aliphatic carbocycles. The molecular weight excluding hydrogens is 443 g/mol. The van der Waals surface area contributed by atoms with E-state index in [1.54, 1.807) is 13.2 Å². The van der Waals surface area contributed by atoms with Gasteiger partial charge < -0.3 is 9.64 Å². The fraction of sp³-hybridized carbons (Fsp3) is 0.429. The smallest absolute Gasteiger partial charge is 0.225 e. The van der Waals surface area contributed by atoms with Crippen molar-refractivity contribution in [2.24, 2.45) is 5.92 Å². The molecule has 2 aromatic carbocycles. The summed E-state index contributed by atoms with van der Waals surface area (Å²) in [5.41, 5.74) is 4.80. The van der Waals surface area contributed by atoms with Crippen LogP contribution < -0.4 is 4.74 Å². The summed E-state index contributed by atoms with van der Waals surface area (Å²) in [6.07, 6.45) is 2.89. The van der Waals surface area contributed by atoms with Crippen LogP contribution in [0.4, 0.5) is 4.39 Å². The van der Waals surface area contributed by atoms with E-state index >= 15 is 0 Å². The van der Waals surface area contributed by atoms with Crippen LogP contribution in [-0.2, 0) is 30.8 Å². The number of hydrogen-bond donors (Lipinski definition) is 0. The molecule has 5 rings (SSSR count). The first kappa shape index (κ1) is 23.5. The van der Waals surface area contributed by atoms with Gasteiger partial charge in [0, 0.05) is 49.1 Å². The van der Waals surface area contributed by atoms with Crippen molar-refractivity contribution >= 4 is 5.91 Å². The summed E-state index contributed by atoms with van der Waals surface area (Å²) in [4.78, 5) is 17.3. The lowest BCUT2D eigenvalue weighted by Crippen LogP contribution is -2.36. The second-order valence-corrected chi connectivity index (χ2v) is 9.86. The van der Waals surface area contributed by atoms with Gasteiger partial charge in [-0.15, -0.1) is 0 Å². The standard InChI is InChI=1S/C28H33FN4O2/c1-19(2)28(34)32(21-12-13-21)18-24-22-17-31(16-20-8-4-5-9-23(20)29)15-14-25(22)33(30-24)26-10-6-7-11-27(26)35-3/h4-11,19,21H,12-18H2,1-3H3. The predicted octanol–water partition coefficient (Wildman–Crippen LogP) is 4.73. The average molecular weight is 477 g/mol. The largest absolute Gasteiger partial charge is 0.494 e. The number of carbonyl (C=O) groups excluding carboxylic acids is 1. The SMILES string of the molecule is COc1ccccc1-n1nc(CN(C(=O)C(C)C)C2CC2)c2c1CCN(Cc1ccccc1F)C2. The van der Waals surface area contributed by atoms with Gasteiger partial charge in [-0.05, 0) is 31.0 Å². The molecule has 35 heavy (non-hydrogen) atoms. The number of rotatable bonds is 8. The summed E-state index contributed by atoms with van der Waals surface area (Å²) >= 11 is 0. The molecule has 0 atom stereocenters. The summed E-state index contributed by atoms with van der Waals surface area (Å²) in [7, 11) is 1.67. The maximum absolute atomic E-state index is 14.4. The molecule has 0 radical (unpaired) electrons. The first-order valence-electron chi connectivity index (χ1n) is 12.5. The molecule has 3 aromatic rings. The summed E-state index contributed by atoms with van der Waals surface area (Å²) in [6.45, 7) is 6.43. The molecule has 6 nitrogen and oxygen atoms in total. The second kappa shape index (κ2) is 9.82. The molecule has 0 bridgehead atoms. The van der Waals surface area contributed by atoms with Crippen LogP contribution in [0.5, 0.6) is 5.75 Å². The summed E-state index contributed by atoms with van der Waals surface area (Å²) < 4.78 is 22.0. The van der Waals surface area contributed by atoms with Crippen LogP contribution in [0.15, 0.2) is 48.5 Å². The monoisotopic (exact) mass is 476 g/mol. The molecular formula is C28H33FN4O2. The number of halogens is 1. The molecule has 0 N–H and O–H groups in total. The third-order valence-corrected chi connectivity index (χ3v) is 6.97. The summed E-state index contributed by atoms with van der Waals surface area (Å²) in [5, 5.41) is 5.06. The van der Waals surface area contributed by atoms with Crippen molar-refractivity contribution in [1.29, 1.82) is 0 Å². The highest BCUT2D eigenvalue weighted by Crippen LogP contribution is 2.34. The van der Waals surface area contributed by atoms with E-state index in [4.69, 9.17) is 9.84 Å². The molecule has 1 aliphatic heterocycles. The Bertz CT molecular complexity index is 1220. The normalized spacial score (nSPS) is 15.8. The van der Waals surface area contributed by atoms with Crippen LogP contribution in [0, 0.1) is 11.7 Å². The maximum atomic E-state index is 14.4. The van der Waals surface area contributed by atoms with E-state index in [1.165, 1.54) is 6.07 Å².